The molecule has 0 saturated carbocycles. The van der Waals surface area contributed by atoms with E-state index >= 15 is 0 Å². The third-order valence-electron chi connectivity index (χ3n) is 3.72. The highest BCUT2D eigenvalue weighted by Gasteiger charge is 2.07. The largest absolute Gasteiger partial charge is 0.333 e. The van der Waals surface area contributed by atoms with Crippen molar-refractivity contribution >= 4 is 38.6 Å². The number of aromatic amines is 2. The second-order valence-electron chi connectivity index (χ2n) is 5.43. The Balaban J connectivity index is 1.52. The Hall–Kier alpha value is -2.38. The quantitative estimate of drug-likeness (QED) is 0.488. The standard InChI is InChI=1S/C18H13BrN4OS/c19-12-7-5-11(6-8-12)15-9-20-18(22-15)25-10-16-21-14-4-2-1-3-13(14)17(24)23-16/h1-9H,10H2,(H,20,22)(H,21,23,24). The zero-order valence-corrected chi connectivity index (χ0v) is 15.4. The maximum absolute atomic E-state index is 12.1. The molecule has 124 valence electrons. The molecule has 2 aromatic heterocycles. The van der Waals surface area contributed by atoms with Crippen LogP contribution in [0.15, 0.2) is 69.2 Å². The second kappa shape index (κ2) is 6.85. The Morgan fingerprint density at radius 3 is 2.68 bits per heavy atom. The predicted molar refractivity (Wildman–Crippen MR) is 104 cm³/mol. The number of thioether (sulfide) groups is 1. The van der Waals surface area contributed by atoms with E-state index in [0.29, 0.717) is 22.5 Å². The fraction of sp³-hybridized carbons (Fsp3) is 0.0556. The van der Waals surface area contributed by atoms with Crippen LogP contribution in [-0.4, -0.2) is 19.9 Å². The van der Waals surface area contributed by atoms with Crippen molar-refractivity contribution in [3.63, 3.8) is 0 Å². The van der Waals surface area contributed by atoms with Crippen LogP contribution in [0.3, 0.4) is 0 Å². The van der Waals surface area contributed by atoms with Crippen LogP contribution in [0.4, 0.5) is 0 Å². The zero-order chi connectivity index (χ0) is 17.2. The smallest absolute Gasteiger partial charge is 0.258 e. The topological polar surface area (TPSA) is 74.4 Å². The molecule has 0 bridgehead atoms. The molecule has 0 aliphatic rings. The van der Waals surface area contributed by atoms with Gasteiger partial charge in [0, 0.05) is 4.47 Å². The van der Waals surface area contributed by atoms with Crippen molar-refractivity contribution in [2.75, 3.05) is 0 Å². The number of benzene rings is 2. The van der Waals surface area contributed by atoms with Gasteiger partial charge in [-0.2, -0.15) is 0 Å². The van der Waals surface area contributed by atoms with Crippen molar-refractivity contribution in [1.29, 1.82) is 0 Å². The summed E-state index contributed by atoms with van der Waals surface area (Å²) in [5, 5.41) is 1.39. The number of aromatic nitrogens is 4. The van der Waals surface area contributed by atoms with Crippen LogP contribution < -0.4 is 5.56 Å². The molecule has 0 spiro atoms. The van der Waals surface area contributed by atoms with E-state index in [1.165, 1.54) is 11.8 Å². The average molecular weight is 413 g/mol. The van der Waals surface area contributed by atoms with Crippen molar-refractivity contribution in [3.8, 4) is 11.3 Å². The Kier molecular flexibility index (Phi) is 4.42. The second-order valence-corrected chi connectivity index (χ2v) is 7.31. The van der Waals surface area contributed by atoms with Gasteiger partial charge in [-0.05, 0) is 29.8 Å². The number of para-hydroxylation sites is 1. The Bertz CT molecular complexity index is 1090. The highest BCUT2D eigenvalue weighted by molar-refractivity contribution is 9.10. The molecular weight excluding hydrogens is 400 g/mol. The van der Waals surface area contributed by atoms with Gasteiger partial charge < -0.3 is 9.97 Å². The summed E-state index contributed by atoms with van der Waals surface area (Å²) in [7, 11) is 0. The molecule has 2 aromatic carbocycles. The molecular formula is C18H13BrN4OS. The van der Waals surface area contributed by atoms with E-state index in [9.17, 15) is 4.79 Å². The van der Waals surface area contributed by atoms with E-state index in [1.54, 1.807) is 6.07 Å². The lowest BCUT2D eigenvalue weighted by molar-refractivity contribution is 1.02. The summed E-state index contributed by atoms with van der Waals surface area (Å²) in [5.41, 5.74) is 2.61. The summed E-state index contributed by atoms with van der Waals surface area (Å²) in [6.45, 7) is 0. The van der Waals surface area contributed by atoms with Gasteiger partial charge in [0.25, 0.3) is 5.56 Å². The molecule has 0 amide bonds. The van der Waals surface area contributed by atoms with Gasteiger partial charge in [-0.3, -0.25) is 4.79 Å². The maximum atomic E-state index is 12.1. The lowest BCUT2D eigenvalue weighted by Gasteiger charge is -2.02. The van der Waals surface area contributed by atoms with Crippen LogP contribution >= 0.6 is 27.7 Å². The molecule has 0 radical (unpaired) electrons. The fourth-order valence-corrected chi connectivity index (χ4v) is 3.48. The summed E-state index contributed by atoms with van der Waals surface area (Å²) >= 11 is 4.93. The number of rotatable bonds is 4. The first-order chi connectivity index (χ1) is 12.2. The molecule has 4 aromatic rings. The van der Waals surface area contributed by atoms with Crippen molar-refractivity contribution in [2.24, 2.45) is 0 Å². The van der Waals surface area contributed by atoms with Crippen LogP contribution in [0.1, 0.15) is 5.82 Å². The maximum Gasteiger partial charge on any atom is 0.258 e. The normalized spacial score (nSPS) is 11.1. The number of imidazole rings is 1. The highest BCUT2D eigenvalue weighted by atomic mass is 79.9. The van der Waals surface area contributed by atoms with Gasteiger partial charge in [0.2, 0.25) is 0 Å². The van der Waals surface area contributed by atoms with Gasteiger partial charge in [0.1, 0.15) is 5.82 Å². The van der Waals surface area contributed by atoms with Gasteiger partial charge in [-0.15, -0.1) is 0 Å². The van der Waals surface area contributed by atoms with Gasteiger partial charge in [0.05, 0.1) is 28.5 Å². The molecule has 7 heteroatoms. The van der Waals surface area contributed by atoms with E-state index in [4.69, 9.17) is 0 Å². The number of nitrogens with one attached hydrogen (secondary N) is 2. The van der Waals surface area contributed by atoms with Crippen LogP contribution in [0.25, 0.3) is 22.2 Å². The van der Waals surface area contributed by atoms with Crippen LogP contribution in [0.5, 0.6) is 0 Å². The number of nitrogens with zero attached hydrogens (tertiary/aromatic N) is 2. The third-order valence-corrected chi connectivity index (χ3v) is 5.14. The first-order valence-electron chi connectivity index (χ1n) is 7.61. The Labute approximate surface area is 156 Å². The van der Waals surface area contributed by atoms with Crippen molar-refractivity contribution < 1.29 is 0 Å². The summed E-state index contributed by atoms with van der Waals surface area (Å²) in [5.74, 6) is 1.17. The van der Waals surface area contributed by atoms with Crippen molar-refractivity contribution in [3.05, 3.63) is 75.4 Å². The fourth-order valence-electron chi connectivity index (χ4n) is 2.49. The Morgan fingerprint density at radius 2 is 1.84 bits per heavy atom. The molecule has 25 heavy (non-hydrogen) atoms. The number of H-pyrrole nitrogens is 2. The number of fused-ring (bicyclic) bond motifs is 1. The minimum Gasteiger partial charge on any atom is -0.333 e. The van der Waals surface area contributed by atoms with E-state index in [-0.39, 0.29) is 5.56 Å². The molecule has 2 N–H and O–H groups in total. The van der Waals surface area contributed by atoms with Crippen LogP contribution in [0.2, 0.25) is 0 Å². The number of hydrogen-bond acceptors (Lipinski definition) is 4. The SMILES string of the molecule is O=c1[nH]c(CSc2ncc(-c3ccc(Br)cc3)[nH]2)nc2ccccc12. The molecule has 0 aliphatic heterocycles. The molecule has 0 unspecified atom stereocenters. The van der Waals surface area contributed by atoms with Gasteiger partial charge in [-0.1, -0.05) is 52.0 Å². The molecule has 4 rings (SSSR count). The summed E-state index contributed by atoms with van der Waals surface area (Å²) in [6.07, 6.45) is 1.81. The van der Waals surface area contributed by atoms with Crippen molar-refractivity contribution in [2.45, 2.75) is 10.9 Å². The molecule has 2 heterocycles. The van der Waals surface area contributed by atoms with Crippen LogP contribution in [-0.2, 0) is 5.75 Å². The molecule has 0 aliphatic carbocycles. The Morgan fingerprint density at radius 1 is 1.04 bits per heavy atom. The lowest BCUT2D eigenvalue weighted by Crippen LogP contribution is -2.11. The lowest BCUT2D eigenvalue weighted by atomic mass is 10.2. The first kappa shape index (κ1) is 16.1. The van der Waals surface area contributed by atoms with E-state index in [1.807, 2.05) is 48.7 Å². The van der Waals surface area contributed by atoms with Gasteiger partial charge >= 0.3 is 0 Å². The summed E-state index contributed by atoms with van der Waals surface area (Å²) in [6, 6.07) is 15.4. The van der Waals surface area contributed by atoms with E-state index < -0.39 is 0 Å². The number of halogens is 1. The van der Waals surface area contributed by atoms with Gasteiger partial charge in [-0.25, -0.2) is 9.97 Å². The van der Waals surface area contributed by atoms with E-state index in [0.717, 1.165) is 20.9 Å². The van der Waals surface area contributed by atoms with Crippen molar-refractivity contribution in [1.82, 2.24) is 19.9 Å². The first-order valence-corrected chi connectivity index (χ1v) is 9.38. The average Bonchev–Trinajstić information content (AvgIpc) is 3.10. The molecule has 0 saturated heterocycles. The van der Waals surface area contributed by atoms with E-state index in [2.05, 4.69) is 35.9 Å². The minimum absolute atomic E-state index is 0.115. The molecule has 0 fully saturated rings. The monoisotopic (exact) mass is 412 g/mol. The minimum atomic E-state index is -0.115. The zero-order valence-electron chi connectivity index (χ0n) is 13.0. The molecule has 0 atom stereocenters. The third kappa shape index (κ3) is 3.52. The summed E-state index contributed by atoms with van der Waals surface area (Å²) in [4.78, 5) is 27.1. The highest BCUT2D eigenvalue weighted by Crippen LogP contribution is 2.24. The van der Waals surface area contributed by atoms with Gasteiger partial charge in [0.15, 0.2) is 5.16 Å². The predicted octanol–water partition coefficient (Wildman–Crippen LogP) is 4.37. The summed E-state index contributed by atoms with van der Waals surface area (Å²) < 4.78 is 1.04. The van der Waals surface area contributed by atoms with Crippen LogP contribution in [0, 0.1) is 0 Å². The molecule has 5 nitrogen and oxygen atoms in total. The number of hydrogen-bond donors (Lipinski definition) is 2.